The number of hydrogen-bond donors (Lipinski definition) is 1. The molecule has 2 rings (SSSR count). The monoisotopic (exact) mass is 259 g/mol. The summed E-state index contributed by atoms with van der Waals surface area (Å²) < 4.78 is 7.74. The number of aromatic nitrogens is 2. The van der Waals surface area contributed by atoms with Crippen LogP contribution in [0.2, 0.25) is 0 Å². The maximum atomic E-state index is 8.83. The first-order chi connectivity index (χ1) is 9.31. The summed E-state index contributed by atoms with van der Waals surface area (Å²) in [5.41, 5.74) is 1.36. The van der Waals surface area contributed by atoms with Crippen molar-refractivity contribution in [3.8, 4) is 5.75 Å². The molecule has 0 radical (unpaired) electrons. The number of ether oxygens (including phenoxy) is 1. The zero-order chi connectivity index (χ0) is 13.5. The fraction of sp³-hybridized carbons (Fsp3) is 0.286. The number of aryl methyl sites for hydroxylation is 1. The van der Waals surface area contributed by atoms with Crippen LogP contribution in [0.15, 0.2) is 48.1 Å². The predicted octanol–water partition coefficient (Wildman–Crippen LogP) is 2.55. The molecule has 0 aliphatic carbocycles. The van der Waals surface area contributed by atoms with Crippen LogP contribution in [0, 0.1) is 0 Å². The van der Waals surface area contributed by atoms with Gasteiger partial charge in [0.1, 0.15) is 5.75 Å². The van der Waals surface area contributed by atoms with Crippen molar-refractivity contribution in [3.05, 3.63) is 48.5 Å². The van der Waals surface area contributed by atoms with E-state index in [4.69, 9.17) is 9.94 Å². The first-order valence-corrected chi connectivity index (χ1v) is 6.18. The van der Waals surface area contributed by atoms with Gasteiger partial charge in [-0.2, -0.15) is 0 Å². The summed E-state index contributed by atoms with van der Waals surface area (Å²) in [5.74, 6) is 0.739. The minimum Gasteiger partial charge on any atom is -0.493 e. The van der Waals surface area contributed by atoms with Crippen molar-refractivity contribution in [2.75, 3.05) is 6.61 Å². The van der Waals surface area contributed by atoms with Gasteiger partial charge in [0.25, 0.3) is 0 Å². The lowest BCUT2D eigenvalue weighted by Crippen LogP contribution is -2.06. The third-order valence-corrected chi connectivity index (χ3v) is 2.80. The molecule has 0 aliphatic heterocycles. The van der Waals surface area contributed by atoms with Gasteiger partial charge in [-0.25, -0.2) is 4.98 Å². The highest BCUT2D eigenvalue weighted by Gasteiger charge is 2.06. The largest absolute Gasteiger partial charge is 0.493 e. The summed E-state index contributed by atoms with van der Waals surface area (Å²) in [4.78, 5) is 3.99. The Balaban J connectivity index is 1.89. The lowest BCUT2D eigenvalue weighted by atomic mass is 10.1. The number of rotatable bonds is 6. The van der Waals surface area contributed by atoms with Crippen LogP contribution in [-0.4, -0.2) is 27.1 Å². The molecule has 1 N–H and O–H groups in total. The highest BCUT2D eigenvalue weighted by Crippen LogP contribution is 2.19. The molecule has 5 heteroatoms. The summed E-state index contributed by atoms with van der Waals surface area (Å²) in [6.07, 6.45) is 6.37. The predicted molar refractivity (Wildman–Crippen MR) is 72.8 cm³/mol. The van der Waals surface area contributed by atoms with Gasteiger partial charge in [-0.3, -0.25) is 0 Å². The van der Waals surface area contributed by atoms with E-state index in [0.717, 1.165) is 24.3 Å². The van der Waals surface area contributed by atoms with E-state index in [-0.39, 0.29) is 0 Å². The van der Waals surface area contributed by atoms with Crippen LogP contribution in [0.3, 0.4) is 0 Å². The molecule has 0 saturated heterocycles. The lowest BCUT2D eigenvalue weighted by Gasteiger charge is -2.10. The molecule has 19 heavy (non-hydrogen) atoms. The highest BCUT2D eigenvalue weighted by molar-refractivity contribution is 6.00. The van der Waals surface area contributed by atoms with E-state index in [9.17, 15) is 0 Å². The Kier molecular flexibility index (Phi) is 4.55. The maximum absolute atomic E-state index is 8.83. The first kappa shape index (κ1) is 13.1. The molecular weight excluding hydrogens is 242 g/mol. The summed E-state index contributed by atoms with van der Waals surface area (Å²) >= 11 is 0. The Bertz CT molecular complexity index is 535. The van der Waals surface area contributed by atoms with Gasteiger partial charge in [0.15, 0.2) is 0 Å². The van der Waals surface area contributed by atoms with Gasteiger partial charge in [0.05, 0.1) is 18.6 Å². The summed E-state index contributed by atoms with van der Waals surface area (Å²) in [7, 11) is 0. The van der Waals surface area contributed by atoms with E-state index in [1.54, 1.807) is 19.4 Å². The van der Waals surface area contributed by atoms with Gasteiger partial charge < -0.3 is 14.5 Å². The summed E-state index contributed by atoms with van der Waals surface area (Å²) in [6, 6.07) is 7.54. The van der Waals surface area contributed by atoms with Crippen molar-refractivity contribution >= 4 is 5.71 Å². The molecule has 0 fully saturated rings. The van der Waals surface area contributed by atoms with Gasteiger partial charge in [-0.15, -0.1) is 0 Å². The molecular formula is C14H17N3O2. The number of nitrogens with zero attached hydrogens (tertiary/aromatic N) is 3. The van der Waals surface area contributed by atoms with Crippen LogP contribution in [0.25, 0.3) is 0 Å². The van der Waals surface area contributed by atoms with Gasteiger partial charge in [0, 0.05) is 24.5 Å². The fourth-order valence-electron chi connectivity index (χ4n) is 1.79. The van der Waals surface area contributed by atoms with E-state index in [1.807, 2.05) is 35.0 Å². The van der Waals surface area contributed by atoms with Crippen molar-refractivity contribution in [3.63, 3.8) is 0 Å². The van der Waals surface area contributed by atoms with Crippen LogP contribution < -0.4 is 4.74 Å². The van der Waals surface area contributed by atoms with Crippen LogP contribution >= 0.6 is 0 Å². The molecule has 0 atom stereocenters. The summed E-state index contributed by atoms with van der Waals surface area (Å²) in [5, 5.41) is 12.0. The second-order valence-electron chi connectivity index (χ2n) is 4.18. The van der Waals surface area contributed by atoms with E-state index >= 15 is 0 Å². The van der Waals surface area contributed by atoms with Crippen molar-refractivity contribution < 1.29 is 9.94 Å². The van der Waals surface area contributed by atoms with Gasteiger partial charge in [-0.1, -0.05) is 17.3 Å². The second-order valence-corrected chi connectivity index (χ2v) is 4.18. The van der Waals surface area contributed by atoms with Crippen LogP contribution in [0.1, 0.15) is 18.9 Å². The van der Waals surface area contributed by atoms with Crippen LogP contribution in [0.5, 0.6) is 5.75 Å². The molecule has 0 saturated carbocycles. The fourth-order valence-corrected chi connectivity index (χ4v) is 1.79. The van der Waals surface area contributed by atoms with Crippen molar-refractivity contribution in [1.29, 1.82) is 0 Å². The normalized spacial score (nSPS) is 11.5. The van der Waals surface area contributed by atoms with Crippen LogP contribution in [0.4, 0.5) is 0 Å². The molecule has 2 aromatic rings. The molecule has 1 aromatic heterocycles. The molecule has 0 unspecified atom stereocenters. The quantitative estimate of drug-likeness (QED) is 0.375. The van der Waals surface area contributed by atoms with Crippen molar-refractivity contribution in [2.45, 2.75) is 19.9 Å². The summed E-state index contributed by atoms with van der Waals surface area (Å²) in [6.45, 7) is 3.22. The standard InChI is InChI=1S/C14H17N3O2/c1-12(16-18)13-5-2-3-6-14(13)19-10-4-8-17-9-7-15-11-17/h2-3,5-7,9,11,18H,4,8,10H2,1H3. The zero-order valence-corrected chi connectivity index (χ0v) is 10.9. The molecule has 1 heterocycles. The van der Waals surface area contributed by atoms with Gasteiger partial charge in [0.2, 0.25) is 0 Å². The van der Waals surface area contributed by atoms with Crippen LogP contribution in [-0.2, 0) is 6.54 Å². The van der Waals surface area contributed by atoms with E-state index < -0.39 is 0 Å². The number of hydrogen-bond acceptors (Lipinski definition) is 4. The Labute approximate surface area is 112 Å². The average molecular weight is 259 g/mol. The first-order valence-electron chi connectivity index (χ1n) is 6.18. The van der Waals surface area contributed by atoms with E-state index in [2.05, 4.69) is 10.1 Å². The van der Waals surface area contributed by atoms with Gasteiger partial charge >= 0.3 is 0 Å². The Hall–Kier alpha value is -2.30. The second kappa shape index (κ2) is 6.58. The zero-order valence-electron chi connectivity index (χ0n) is 10.9. The number of oxime groups is 1. The lowest BCUT2D eigenvalue weighted by molar-refractivity contribution is 0.299. The smallest absolute Gasteiger partial charge is 0.128 e. The minimum absolute atomic E-state index is 0.546. The average Bonchev–Trinajstić information content (AvgIpc) is 2.96. The van der Waals surface area contributed by atoms with E-state index in [0.29, 0.717) is 12.3 Å². The number of para-hydroxylation sites is 1. The van der Waals surface area contributed by atoms with Crippen molar-refractivity contribution in [2.24, 2.45) is 5.16 Å². The van der Waals surface area contributed by atoms with Crippen molar-refractivity contribution in [1.82, 2.24) is 9.55 Å². The number of imidazole rings is 1. The molecule has 0 aliphatic rings. The molecule has 1 aromatic carbocycles. The van der Waals surface area contributed by atoms with E-state index in [1.165, 1.54) is 0 Å². The third kappa shape index (κ3) is 3.58. The minimum atomic E-state index is 0.546. The molecule has 100 valence electrons. The SMILES string of the molecule is CC(=NO)c1ccccc1OCCCn1ccnc1. The third-order valence-electron chi connectivity index (χ3n) is 2.80. The Morgan fingerprint density at radius 2 is 2.26 bits per heavy atom. The molecule has 0 spiro atoms. The molecule has 0 amide bonds. The topological polar surface area (TPSA) is 59.6 Å². The Morgan fingerprint density at radius 1 is 1.42 bits per heavy atom. The molecule has 0 bridgehead atoms. The number of benzene rings is 1. The Morgan fingerprint density at radius 3 is 3.00 bits per heavy atom. The molecule has 5 nitrogen and oxygen atoms in total. The highest BCUT2D eigenvalue weighted by atomic mass is 16.5. The van der Waals surface area contributed by atoms with Gasteiger partial charge in [-0.05, 0) is 25.5 Å². The maximum Gasteiger partial charge on any atom is 0.128 e.